The zero-order valence-electron chi connectivity index (χ0n) is 37.7. The first-order valence-electron chi connectivity index (χ1n) is 21.2. The Labute approximate surface area is 379 Å². The summed E-state index contributed by atoms with van der Waals surface area (Å²) in [6, 6.07) is 14.9. The fourth-order valence-electron chi connectivity index (χ4n) is 8.78. The molecule has 0 bridgehead atoms. The maximum atomic E-state index is 13.2. The van der Waals surface area contributed by atoms with E-state index in [-0.39, 0.29) is 32.1 Å². The number of halogens is 6. The molecule has 2 fully saturated rings. The number of ether oxygens (including phenoxy) is 2. The summed E-state index contributed by atoms with van der Waals surface area (Å²) in [4.78, 5) is 36.9. The van der Waals surface area contributed by atoms with Crippen LogP contribution in [0.15, 0.2) is 54.7 Å². The molecule has 0 N–H and O–H groups in total. The zero-order valence-corrected chi connectivity index (χ0v) is 37.7. The molecule has 0 aliphatic carbocycles. The zero-order chi connectivity index (χ0) is 47.3. The molecule has 2 aliphatic heterocycles. The smallest absolute Gasteiger partial charge is 0.363 e. The van der Waals surface area contributed by atoms with Crippen molar-refractivity contribution in [1.82, 2.24) is 39.3 Å². The molecule has 2 saturated heterocycles. The molecule has 0 saturated carbocycles. The van der Waals surface area contributed by atoms with Gasteiger partial charge in [-0.15, -0.1) is 0 Å². The summed E-state index contributed by atoms with van der Waals surface area (Å²) < 4.78 is 93.0. The predicted octanol–water partition coefficient (Wildman–Crippen LogP) is 9.54. The van der Waals surface area contributed by atoms with Crippen molar-refractivity contribution in [2.24, 2.45) is 14.1 Å². The van der Waals surface area contributed by atoms with Gasteiger partial charge in [-0.1, -0.05) is 31.7 Å². The van der Waals surface area contributed by atoms with Crippen molar-refractivity contribution >= 4 is 33.4 Å². The largest absolute Gasteiger partial charge is 0.415 e. The second kappa shape index (κ2) is 19.3. The van der Waals surface area contributed by atoms with Crippen molar-refractivity contribution < 1.29 is 45.4 Å². The third-order valence-electron chi connectivity index (χ3n) is 11.8. The van der Waals surface area contributed by atoms with Gasteiger partial charge in [-0.3, -0.25) is 28.8 Å². The van der Waals surface area contributed by atoms with Crippen LogP contribution in [-0.2, 0) is 36.7 Å². The Morgan fingerprint density at radius 1 is 0.652 bits per heavy atom. The first kappa shape index (κ1) is 49.9. The van der Waals surface area contributed by atoms with Crippen LogP contribution < -0.4 is 0 Å². The lowest BCUT2D eigenvalue weighted by Crippen LogP contribution is -2.51. The summed E-state index contributed by atoms with van der Waals surface area (Å²) in [6.45, 7) is 13.1. The van der Waals surface area contributed by atoms with Crippen LogP contribution in [-0.4, -0.2) is 114 Å². The minimum absolute atomic E-state index is 0. The van der Waals surface area contributed by atoms with E-state index in [1.54, 1.807) is 45.1 Å². The molecule has 18 heteroatoms. The number of aromatic nitrogens is 6. The molecule has 0 unspecified atom stereocenters. The molecule has 2 aliphatic rings. The summed E-state index contributed by atoms with van der Waals surface area (Å²) >= 11 is 0. The first-order valence-corrected chi connectivity index (χ1v) is 21.2. The van der Waals surface area contributed by atoms with E-state index in [1.807, 2.05) is 77.5 Å². The lowest BCUT2D eigenvalue weighted by atomic mass is 9.97. The topological polar surface area (TPSA) is 120 Å². The molecule has 4 aromatic heterocycles. The van der Waals surface area contributed by atoms with Gasteiger partial charge in [-0.05, 0) is 81.1 Å². The number of benzene rings is 2. The van der Waals surface area contributed by atoms with Gasteiger partial charge >= 0.3 is 12.4 Å². The Kier molecular flexibility index (Phi) is 14.6. The average molecular weight is 923 g/mol. The normalized spacial score (nSPS) is 19.7. The third-order valence-corrected chi connectivity index (χ3v) is 11.8. The molecule has 6 heterocycles. The van der Waals surface area contributed by atoms with Crippen LogP contribution in [0.4, 0.5) is 26.3 Å². The number of Topliss-reactive ketones (excluding diaryl/α,β-unsaturated/α-hetero) is 2. The van der Waals surface area contributed by atoms with Gasteiger partial charge in [-0.2, -0.15) is 36.5 Å². The molecule has 6 aromatic rings. The molecule has 8 rings (SSSR count). The van der Waals surface area contributed by atoms with Crippen molar-refractivity contribution in [3.8, 4) is 22.3 Å². The van der Waals surface area contributed by atoms with E-state index in [2.05, 4.69) is 20.2 Å². The van der Waals surface area contributed by atoms with Gasteiger partial charge < -0.3 is 9.47 Å². The second-order valence-electron chi connectivity index (χ2n) is 17.2. The van der Waals surface area contributed by atoms with Gasteiger partial charge in [-0.25, -0.2) is 9.97 Å². The van der Waals surface area contributed by atoms with Crippen molar-refractivity contribution in [2.45, 2.75) is 106 Å². The fraction of sp³-hybridized carbons (Fsp3) is 0.458. The van der Waals surface area contributed by atoms with E-state index < -0.39 is 36.8 Å². The van der Waals surface area contributed by atoms with Crippen LogP contribution in [0.3, 0.4) is 0 Å². The lowest BCUT2D eigenvalue weighted by Gasteiger charge is -2.37. The molecular formula is C48H56F6N8O4. The number of fused-ring (bicyclic) bond motifs is 2. The standard InChI is InChI=1S/C24H27F3N4O2.C23H25F3N4O2.CH4/c1-13-10-31(12-22(33-13)24(25,26)27)11-17-6-7-18-19(23-14(2)29-30(5)15(23)3)9-20(16(4)32)28-21(18)8-17;1-13-9-30(12-22(32-13)23(24,25)26)10-16-5-6-17-18(19-11-29(4)28-14(19)2)8-20(15(3)31)27-21(17)7-16;/h6-9,13,22H,10-12H2,1-5H3;5-8,11,13,22H,9-10,12H2,1-4H3;1H4/t2*13-,22-;/m11./s1. The van der Waals surface area contributed by atoms with E-state index in [9.17, 15) is 35.9 Å². The van der Waals surface area contributed by atoms with Gasteiger partial charge in [0.05, 0.1) is 34.6 Å². The van der Waals surface area contributed by atoms with Crippen LogP contribution in [0, 0.1) is 20.8 Å². The van der Waals surface area contributed by atoms with Crippen LogP contribution in [0.5, 0.6) is 0 Å². The van der Waals surface area contributed by atoms with Crippen molar-refractivity contribution in [3.63, 3.8) is 0 Å². The van der Waals surface area contributed by atoms with Crippen LogP contribution in [0.2, 0.25) is 0 Å². The minimum atomic E-state index is -4.40. The number of alkyl halides is 6. The lowest BCUT2D eigenvalue weighted by molar-refractivity contribution is -0.252. The number of carbonyl (C=O) groups is 2. The first-order chi connectivity index (χ1) is 30.4. The van der Waals surface area contributed by atoms with Gasteiger partial charge in [0, 0.05) is 101 Å². The van der Waals surface area contributed by atoms with Crippen LogP contribution >= 0.6 is 0 Å². The number of morpholine rings is 2. The minimum Gasteiger partial charge on any atom is -0.363 e. The quantitative estimate of drug-likeness (QED) is 0.108. The van der Waals surface area contributed by atoms with Crippen molar-refractivity contribution in [1.29, 1.82) is 0 Å². The van der Waals surface area contributed by atoms with Gasteiger partial charge in [0.15, 0.2) is 23.8 Å². The Hall–Kier alpha value is -5.56. The Balaban J connectivity index is 0.000000215. The maximum absolute atomic E-state index is 13.2. The summed E-state index contributed by atoms with van der Waals surface area (Å²) in [6.07, 6.45) is -11.5. The van der Waals surface area contributed by atoms with E-state index in [0.717, 1.165) is 61.2 Å². The van der Waals surface area contributed by atoms with Gasteiger partial charge in [0.2, 0.25) is 0 Å². The Bertz CT molecular complexity index is 2760. The average Bonchev–Trinajstić information content (AvgIpc) is 3.68. The molecule has 0 radical (unpaired) electrons. The van der Waals surface area contributed by atoms with E-state index in [4.69, 9.17) is 9.47 Å². The highest BCUT2D eigenvalue weighted by Crippen LogP contribution is 2.36. The van der Waals surface area contributed by atoms with Crippen molar-refractivity contribution in [2.75, 3.05) is 26.2 Å². The van der Waals surface area contributed by atoms with Crippen LogP contribution in [0.25, 0.3) is 44.1 Å². The molecule has 0 spiro atoms. The molecular weight excluding hydrogens is 867 g/mol. The number of ketones is 2. The molecule has 4 atom stereocenters. The summed E-state index contributed by atoms with van der Waals surface area (Å²) in [5, 5.41) is 10.6. The van der Waals surface area contributed by atoms with Crippen LogP contribution in [0.1, 0.15) is 84.3 Å². The van der Waals surface area contributed by atoms with Gasteiger partial charge in [0.1, 0.15) is 11.4 Å². The summed E-state index contributed by atoms with van der Waals surface area (Å²) in [5.41, 5.74) is 9.84. The van der Waals surface area contributed by atoms with E-state index in [1.165, 1.54) is 13.8 Å². The maximum Gasteiger partial charge on any atom is 0.415 e. The SMILES string of the molecule is C.CC(=O)c1cc(-c2c(C)nn(C)c2C)c2ccc(CN3C[C@@H](C)O[C@@H](C(F)(F)F)C3)cc2n1.CC(=O)c1cc(-c2cn(C)nc2C)c2ccc(CN3C[C@@H](C)O[C@@H](C(F)(F)F)C3)cc2n1. The Morgan fingerprint density at radius 2 is 1.11 bits per heavy atom. The number of rotatable bonds is 8. The highest BCUT2D eigenvalue weighted by atomic mass is 19.4. The number of pyridine rings is 2. The number of hydrogen-bond acceptors (Lipinski definition) is 10. The predicted molar refractivity (Wildman–Crippen MR) is 240 cm³/mol. The second-order valence-corrected chi connectivity index (χ2v) is 17.2. The molecule has 0 amide bonds. The monoisotopic (exact) mass is 922 g/mol. The van der Waals surface area contributed by atoms with Crippen molar-refractivity contribution in [3.05, 3.63) is 94.3 Å². The molecule has 66 heavy (non-hydrogen) atoms. The number of hydrogen-bond donors (Lipinski definition) is 0. The summed E-state index contributed by atoms with van der Waals surface area (Å²) in [5.74, 6) is -0.312. The third kappa shape index (κ3) is 11.0. The van der Waals surface area contributed by atoms with E-state index in [0.29, 0.717) is 48.6 Å². The fourth-order valence-corrected chi connectivity index (χ4v) is 8.78. The molecule has 12 nitrogen and oxygen atoms in total. The highest BCUT2D eigenvalue weighted by Gasteiger charge is 2.46. The number of aryl methyl sites for hydroxylation is 4. The Morgan fingerprint density at radius 3 is 1.50 bits per heavy atom. The number of nitrogens with zero attached hydrogens (tertiary/aromatic N) is 8. The molecule has 2 aromatic carbocycles. The number of carbonyl (C=O) groups excluding carboxylic acids is 2. The highest BCUT2D eigenvalue weighted by molar-refractivity contribution is 6.03. The van der Waals surface area contributed by atoms with Gasteiger partial charge in [0.25, 0.3) is 0 Å². The van der Waals surface area contributed by atoms with E-state index >= 15 is 0 Å². The molecule has 354 valence electrons. The summed E-state index contributed by atoms with van der Waals surface area (Å²) in [7, 11) is 3.71.